The minimum Gasteiger partial charge on any atom is -0.481 e. The van der Waals surface area contributed by atoms with Gasteiger partial charge in [-0.25, -0.2) is 4.79 Å². The van der Waals surface area contributed by atoms with Crippen molar-refractivity contribution in [3.05, 3.63) is 35.9 Å². The molecule has 0 aliphatic rings. The van der Waals surface area contributed by atoms with E-state index in [9.17, 15) is 19.5 Å². The van der Waals surface area contributed by atoms with Crippen molar-refractivity contribution in [2.45, 2.75) is 65.8 Å². The molecule has 0 unspecified atom stereocenters. The number of amides is 1. The highest BCUT2D eigenvalue weighted by Crippen LogP contribution is 2.09. The molecule has 1 amide bonds. The van der Waals surface area contributed by atoms with Crippen molar-refractivity contribution in [2.24, 2.45) is 11.8 Å². The van der Waals surface area contributed by atoms with E-state index in [0.29, 0.717) is 6.42 Å². The lowest BCUT2D eigenvalue weighted by atomic mass is 10.0. The summed E-state index contributed by atoms with van der Waals surface area (Å²) in [5, 5.41) is 20.2. The molecule has 1 rings (SSSR count). The minimum absolute atomic E-state index is 0.113. The maximum atomic E-state index is 11.9. The second kappa shape index (κ2) is 13.8. The second-order valence-electron chi connectivity index (χ2n) is 6.45. The zero-order chi connectivity index (χ0) is 20.8. The largest absolute Gasteiger partial charge is 0.481 e. The minimum atomic E-state index is -0.997. The van der Waals surface area contributed by atoms with Crippen LogP contribution < -0.4 is 5.32 Å². The van der Waals surface area contributed by atoms with Crippen LogP contribution in [0.1, 0.15) is 58.9 Å². The first-order valence-electron chi connectivity index (χ1n) is 9.60. The highest BCUT2D eigenvalue weighted by Gasteiger charge is 2.23. The highest BCUT2D eigenvalue weighted by atomic mass is 16.4. The Kier molecular flexibility index (Phi) is 12.6. The van der Waals surface area contributed by atoms with Crippen LogP contribution in [-0.4, -0.2) is 34.1 Å². The van der Waals surface area contributed by atoms with E-state index in [0.717, 1.165) is 31.2 Å². The number of carbonyl (C=O) groups excluding carboxylic acids is 1. The Morgan fingerprint density at radius 3 is 1.63 bits per heavy atom. The number of carbonyl (C=O) groups is 3. The summed E-state index contributed by atoms with van der Waals surface area (Å²) in [4.78, 5) is 33.3. The Bertz CT molecular complexity index is 565. The predicted octanol–water partition coefficient (Wildman–Crippen LogP) is 3.74. The number of carboxylic acids is 2. The van der Waals surface area contributed by atoms with Gasteiger partial charge in [0, 0.05) is 12.3 Å². The lowest BCUT2D eigenvalue weighted by molar-refractivity contribution is -0.142. The number of hydrogen-bond acceptors (Lipinski definition) is 3. The summed E-state index contributed by atoms with van der Waals surface area (Å²) >= 11 is 0. The van der Waals surface area contributed by atoms with Gasteiger partial charge in [-0.15, -0.1) is 0 Å². The van der Waals surface area contributed by atoms with Crippen molar-refractivity contribution < 1.29 is 24.6 Å². The Labute approximate surface area is 162 Å². The molecule has 0 saturated carbocycles. The summed E-state index contributed by atoms with van der Waals surface area (Å²) in [7, 11) is 0. The molecule has 27 heavy (non-hydrogen) atoms. The number of nitrogens with one attached hydrogen (secondary N) is 1. The fraction of sp³-hybridized carbons (Fsp3) is 0.571. The molecule has 0 radical (unpaired) electrons. The van der Waals surface area contributed by atoms with E-state index in [1.807, 2.05) is 58.0 Å². The van der Waals surface area contributed by atoms with Crippen LogP contribution in [0.5, 0.6) is 0 Å². The molecule has 6 heteroatoms. The van der Waals surface area contributed by atoms with E-state index >= 15 is 0 Å². The van der Waals surface area contributed by atoms with Gasteiger partial charge < -0.3 is 15.5 Å². The van der Waals surface area contributed by atoms with Gasteiger partial charge in [0.25, 0.3) is 0 Å². The molecule has 0 fully saturated rings. The van der Waals surface area contributed by atoms with Crippen molar-refractivity contribution >= 4 is 17.8 Å². The molecule has 3 N–H and O–H groups in total. The molecule has 152 valence electrons. The Balaban J connectivity index is 0.000000713. The third-order valence-electron chi connectivity index (χ3n) is 4.59. The number of benzene rings is 1. The van der Waals surface area contributed by atoms with Crippen LogP contribution in [0.15, 0.2) is 30.3 Å². The number of carboxylic acid groups (broad SMARTS) is 2. The first-order valence-corrected chi connectivity index (χ1v) is 9.60. The van der Waals surface area contributed by atoms with Crippen molar-refractivity contribution in [3.8, 4) is 0 Å². The van der Waals surface area contributed by atoms with Gasteiger partial charge in [-0.2, -0.15) is 0 Å². The van der Waals surface area contributed by atoms with E-state index < -0.39 is 18.0 Å². The lowest BCUT2D eigenvalue weighted by Crippen LogP contribution is -2.44. The van der Waals surface area contributed by atoms with Gasteiger partial charge in [0.2, 0.25) is 5.91 Å². The maximum absolute atomic E-state index is 11.9. The van der Waals surface area contributed by atoms with Crippen LogP contribution in [0.4, 0.5) is 0 Å². The summed E-state index contributed by atoms with van der Waals surface area (Å²) in [5.41, 5.74) is 0.903. The first kappa shape index (κ1) is 24.6. The molecule has 6 nitrogen and oxygen atoms in total. The molecule has 0 spiro atoms. The summed E-state index contributed by atoms with van der Waals surface area (Å²) in [6, 6.07) is 8.45. The molecule has 0 saturated heterocycles. The normalized spacial score (nSPS) is 11.5. The van der Waals surface area contributed by atoms with Gasteiger partial charge in [0.15, 0.2) is 0 Å². The molecular formula is C21H33NO5. The molecule has 0 heterocycles. The van der Waals surface area contributed by atoms with Crippen molar-refractivity contribution in [3.63, 3.8) is 0 Å². The van der Waals surface area contributed by atoms with Crippen LogP contribution in [0.3, 0.4) is 0 Å². The third-order valence-corrected chi connectivity index (χ3v) is 4.59. The molecular weight excluding hydrogens is 346 g/mol. The van der Waals surface area contributed by atoms with Crippen molar-refractivity contribution in [1.82, 2.24) is 5.32 Å². The van der Waals surface area contributed by atoms with Gasteiger partial charge in [-0.1, -0.05) is 58.0 Å². The quantitative estimate of drug-likeness (QED) is 0.574. The van der Waals surface area contributed by atoms with Gasteiger partial charge >= 0.3 is 11.9 Å². The van der Waals surface area contributed by atoms with Crippen LogP contribution in [0, 0.1) is 11.8 Å². The van der Waals surface area contributed by atoms with Crippen LogP contribution >= 0.6 is 0 Å². The molecule has 0 aliphatic heterocycles. The zero-order valence-electron chi connectivity index (χ0n) is 16.8. The SMILES string of the molecule is CCC(CC)C(=O)N[C@@H](Cc1ccccc1)C(=O)O.CCC(CC)C(=O)O. The van der Waals surface area contributed by atoms with Gasteiger partial charge in [0.1, 0.15) is 6.04 Å². The van der Waals surface area contributed by atoms with E-state index in [1.165, 1.54) is 0 Å². The number of rotatable bonds is 10. The fourth-order valence-corrected chi connectivity index (χ4v) is 2.64. The molecule has 0 bridgehead atoms. The van der Waals surface area contributed by atoms with Crippen LogP contribution in [0.2, 0.25) is 0 Å². The second-order valence-corrected chi connectivity index (χ2v) is 6.45. The topological polar surface area (TPSA) is 104 Å². The van der Waals surface area contributed by atoms with Crippen LogP contribution in [-0.2, 0) is 20.8 Å². The average Bonchev–Trinajstić information content (AvgIpc) is 2.64. The zero-order valence-corrected chi connectivity index (χ0v) is 16.8. The summed E-state index contributed by atoms with van der Waals surface area (Å²) < 4.78 is 0. The summed E-state index contributed by atoms with van der Waals surface area (Å²) in [5.74, 6) is -2.08. The van der Waals surface area contributed by atoms with Gasteiger partial charge in [0.05, 0.1) is 5.92 Å². The van der Waals surface area contributed by atoms with Crippen molar-refractivity contribution in [2.75, 3.05) is 0 Å². The standard InChI is InChI=1S/C15H21NO3.C6H12O2/c1-3-12(4-2)14(17)16-13(15(18)19)10-11-8-6-5-7-9-11;1-3-5(4-2)6(7)8/h5-9,12-13H,3-4,10H2,1-2H3,(H,16,17)(H,18,19);5H,3-4H2,1-2H3,(H,7,8)/t13-;/m0./s1. The summed E-state index contributed by atoms with van der Waals surface area (Å²) in [6.45, 7) is 7.64. The first-order chi connectivity index (χ1) is 12.8. The molecule has 0 aliphatic carbocycles. The van der Waals surface area contributed by atoms with E-state index in [1.54, 1.807) is 0 Å². The molecule has 0 aromatic heterocycles. The Morgan fingerprint density at radius 2 is 1.30 bits per heavy atom. The molecule has 1 atom stereocenters. The summed E-state index contributed by atoms with van der Waals surface area (Å²) in [6.07, 6.45) is 3.24. The highest BCUT2D eigenvalue weighted by molar-refractivity contribution is 5.85. The van der Waals surface area contributed by atoms with E-state index in [-0.39, 0.29) is 17.7 Å². The number of hydrogen-bond donors (Lipinski definition) is 3. The number of aliphatic carboxylic acids is 2. The van der Waals surface area contributed by atoms with Crippen molar-refractivity contribution in [1.29, 1.82) is 0 Å². The third kappa shape index (κ3) is 9.78. The smallest absolute Gasteiger partial charge is 0.326 e. The molecule has 1 aromatic carbocycles. The Morgan fingerprint density at radius 1 is 0.815 bits per heavy atom. The Hall–Kier alpha value is -2.37. The lowest BCUT2D eigenvalue weighted by Gasteiger charge is -2.18. The predicted molar refractivity (Wildman–Crippen MR) is 105 cm³/mol. The van der Waals surface area contributed by atoms with E-state index in [2.05, 4.69) is 5.32 Å². The van der Waals surface area contributed by atoms with Crippen LogP contribution in [0.25, 0.3) is 0 Å². The monoisotopic (exact) mass is 379 g/mol. The fourth-order valence-electron chi connectivity index (χ4n) is 2.64. The van der Waals surface area contributed by atoms with Gasteiger partial charge in [-0.05, 0) is 31.2 Å². The maximum Gasteiger partial charge on any atom is 0.326 e. The van der Waals surface area contributed by atoms with Gasteiger partial charge in [-0.3, -0.25) is 9.59 Å². The van der Waals surface area contributed by atoms with E-state index in [4.69, 9.17) is 5.11 Å². The molecule has 1 aromatic rings. The average molecular weight is 379 g/mol.